The summed E-state index contributed by atoms with van der Waals surface area (Å²) < 4.78 is 105. The van der Waals surface area contributed by atoms with E-state index in [0.29, 0.717) is 29.2 Å². The first kappa shape index (κ1) is 27.5. The first-order valence-corrected chi connectivity index (χ1v) is 13.5. The first-order valence-electron chi connectivity index (χ1n) is 12.3. The summed E-state index contributed by atoms with van der Waals surface area (Å²) in [6.45, 7) is 2.31. The van der Waals surface area contributed by atoms with E-state index in [1.54, 1.807) is 35.0 Å². The Morgan fingerprint density at radius 2 is 1.85 bits per heavy atom. The molecule has 39 heavy (non-hydrogen) atoms. The second-order valence-electron chi connectivity index (χ2n) is 9.75. The number of ether oxygens (including phenoxy) is 2. The minimum absolute atomic E-state index is 0.0352. The molecule has 1 saturated heterocycles. The van der Waals surface area contributed by atoms with E-state index in [9.17, 15) is 30.4 Å². The fourth-order valence-electron chi connectivity index (χ4n) is 5.15. The molecule has 3 aromatic rings. The fraction of sp³-hybridized carbons (Fsp3) is 0.423. The van der Waals surface area contributed by atoms with Crippen LogP contribution in [0.1, 0.15) is 37.3 Å². The number of halogens is 5. The summed E-state index contributed by atoms with van der Waals surface area (Å²) in [7, 11) is -3.18. The number of aryl methyl sites for hydroxylation is 1. The van der Waals surface area contributed by atoms with Gasteiger partial charge >= 0.3 is 6.18 Å². The summed E-state index contributed by atoms with van der Waals surface area (Å²) in [6, 6.07) is 12.1. The topological polar surface area (TPSA) is 73.7 Å². The minimum atomic E-state index is -4.46. The molecule has 5 rings (SSSR count). The lowest BCUT2D eigenvalue weighted by molar-refractivity contribution is -0.137. The van der Waals surface area contributed by atoms with Gasteiger partial charge in [-0.15, -0.1) is 0 Å². The van der Waals surface area contributed by atoms with Crippen LogP contribution in [0.2, 0.25) is 0 Å². The third kappa shape index (κ3) is 5.39. The third-order valence-corrected chi connectivity index (χ3v) is 8.22. The smallest absolute Gasteiger partial charge is 0.416 e. The quantitative estimate of drug-likeness (QED) is 0.281. The van der Waals surface area contributed by atoms with E-state index in [1.165, 1.54) is 12.1 Å². The molecule has 1 aliphatic heterocycles. The molecule has 2 fully saturated rings. The molecule has 7 nitrogen and oxygen atoms in total. The van der Waals surface area contributed by atoms with Crippen molar-refractivity contribution in [1.29, 1.82) is 0 Å². The molecule has 13 heteroatoms. The second kappa shape index (κ2) is 10.2. The van der Waals surface area contributed by atoms with E-state index in [-0.39, 0.29) is 31.8 Å². The number of aromatic nitrogens is 2. The molecule has 1 aliphatic carbocycles. The van der Waals surface area contributed by atoms with Crippen LogP contribution in [-0.4, -0.2) is 47.7 Å². The van der Waals surface area contributed by atoms with Crippen molar-refractivity contribution < 1.29 is 39.8 Å². The van der Waals surface area contributed by atoms with Crippen molar-refractivity contribution in [2.75, 3.05) is 13.2 Å². The number of rotatable bonds is 8. The van der Waals surface area contributed by atoms with Crippen LogP contribution in [0.25, 0.3) is 11.3 Å². The van der Waals surface area contributed by atoms with Gasteiger partial charge in [-0.2, -0.15) is 22.6 Å². The van der Waals surface area contributed by atoms with Crippen LogP contribution < -0.4 is 4.74 Å². The van der Waals surface area contributed by atoms with Gasteiger partial charge in [-0.05, 0) is 49.2 Å². The predicted octanol–water partition coefficient (Wildman–Crippen LogP) is 5.62. The maximum Gasteiger partial charge on any atom is 0.416 e. The van der Waals surface area contributed by atoms with Gasteiger partial charge in [-0.25, -0.2) is 21.9 Å². The van der Waals surface area contributed by atoms with Gasteiger partial charge in [0.2, 0.25) is 22.7 Å². The Bertz CT molecular complexity index is 1410. The first-order chi connectivity index (χ1) is 18.4. The highest BCUT2D eigenvalue weighted by Gasteiger charge is 2.54. The van der Waals surface area contributed by atoms with Crippen LogP contribution in [0.5, 0.6) is 11.6 Å². The molecule has 1 unspecified atom stereocenters. The zero-order valence-electron chi connectivity index (χ0n) is 20.8. The highest BCUT2D eigenvalue weighted by atomic mass is 32.2. The van der Waals surface area contributed by atoms with Crippen LogP contribution in [0.3, 0.4) is 0 Å². The molecule has 0 spiro atoms. The van der Waals surface area contributed by atoms with Crippen LogP contribution in [0.15, 0.2) is 54.6 Å². The number of alkyl halides is 5. The number of thiol groups is 1. The molecule has 0 bridgehead atoms. The standard InChI is InChI=1S/C26H26F5N3O4S/c1-2-33-23(38-21-8-6-18(7-9-21)26(29,30)31)13-22(32-33)17-4-3-5-19(12-17)24(15-37-16-24)34(39(35)36)20-10-11-25(27,28)14-20/h3-9,12-13,20,39H,2,10-11,14-16H2,1H3. The van der Waals surface area contributed by atoms with Gasteiger partial charge in [0.1, 0.15) is 11.3 Å². The summed E-state index contributed by atoms with van der Waals surface area (Å²) in [5.74, 6) is -2.42. The maximum absolute atomic E-state index is 14.0. The summed E-state index contributed by atoms with van der Waals surface area (Å²) in [5, 5.41) is 4.54. The molecule has 2 aromatic carbocycles. The van der Waals surface area contributed by atoms with Crippen molar-refractivity contribution in [3.05, 3.63) is 65.7 Å². The van der Waals surface area contributed by atoms with Crippen molar-refractivity contribution in [2.24, 2.45) is 0 Å². The Balaban J connectivity index is 1.44. The Morgan fingerprint density at radius 3 is 2.38 bits per heavy atom. The molecular formula is C26H26F5N3O4S. The Morgan fingerprint density at radius 1 is 1.13 bits per heavy atom. The molecule has 2 heterocycles. The largest absolute Gasteiger partial charge is 0.439 e. The van der Waals surface area contributed by atoms with Crippen LogP contribution in [0, 0.1) is 0 Å². The minimum Gasteiger partial charge on any atom is -0.439 e. The van der Waals surface area contributed by atoms with Gasteiger partial charge in [0, 0.05) is 37.1 Å². The lowest BCUT2D eigenvalue weighted by Crippen LogP contribution is -2.61. The van der Waals surface area contributed by atoms with Crippen molar-refractivity contribution in [1.82, 2.24) is 14.1 Å². The summed E-state index contributed by atoms with van der Waals surface area (Å²) >= 11 is 0. The molecule has 210 valence electrons. The van der Waals surface area contributed by atoms with Crippen molar-refractivity contribution in [3.8, 4) is 22.9 Å². The highest BCUT2D eigenvalue weighted by molar-refractivity contribution is 7.69. The molecule has 1 atom stereocenters. The monoisotopic (exact) mass is 571 g/mol. The molecule has 0 radical (unpaired) electrons. The van der Waals surface area contributed by atoms with Crippen molar-refractivity contribution >= 4 is 10.9 Å². The lowest BCUT2D eigenvalue weighted by Gasteiger charge is -2.49. The van der Waals surface area contributed by atoms with Crippen molar-refractivity contribution in [3.63, 3.8) is 0 Å². The summed E-state index contributed by atoms with van der Waals surface area (Å²) in [6.07, 6.45) is -5.31. The molecule has 2 aliphatic rings. The zero-order chi connectivity index (χ0) is 28.0. The zero-order valence-corrected chi connectivity index (χ0v) is 21.7. The number of hydrogen-bond acceptors (Lipinski definition) is 5. The van der Waals surface area contributed by atoms with E-state index in [4.69, 9.17) is 9.47 Å². The summed E-state index contributed by atoms with van der Waals surface area (Å²) in [5.41, 5.74) is -0.191. The number of benzene rings is 2. The Hall–Kier alpha value is -3.03. The number of nitrogens with zero attached hydrogens (tertiary/aromatic N) is 3. The van der Waals surface area contributed by atoms with Crippen LogP contribution >= 0.6 is 0 Å². The third-order valence-electron chi connectivity index (χ3n) is 7.16. The van der Waals surface area contributed by atoms with Crippen LogP contribution in [0.4, 0.5) is 22.0 Å². The van der Waals surface area contributed by atoms with Gasteiger partial charge in [0.05, 0.1) is 24.5 Å². The van der Waals surface area contributed by atoms with E-state index in [0.717, 1.165) is 16.4 Å². The maximum atomic E-state index is 14.0. The van der Waals surface area contributed by atoms with E-state index in [1.807, 2.05) is 6.92 Å². The molecular weight excluding hydrogens is 545 g/mol. The highest BCUT2D eigenvalue weighted by Crippen LogP contribution is 2.45. The Labute approximate surface area is 223 Å². The average Bonchev–Trinajstić information content (AvgIpc) is 3.43. The number of hydrogen-bond donors (Lipinski definition) is 1. The van der Waals surface area contributed by atoms with Gasteiger partial charge < -0.3 is 9.47 Å². The predicted molar refractivity (Wildman–Crippen MR) is 132 cm³/mol. The van der Waals surface area contributed by atoms with Gasteiger partial charge in [-0.3, -0.25) is 0 Å². The fourth-order valence-corrected chi connectivity index (χ4v) is 6.16. The van der Waals surface area contributed by atoms with Crippen LogP contribution in [-0.2, 0) is 33.9 Å². The molecule has 1 saturated carbocycles. The Kier molecular flexibility index (Phi) is 7.18. The van der Waals surface area contributed by atoms with Gasteiger partial charge in [0.15, 0.2) is 0 Å². The van der Waals surface area contributed by atoms with Gasteiger partial charge in [0.25, 0.3) is 0 Å². The lowest BCUT2D eigenvalue weighted by atomic mass is 9.85. The normalized spacial score (nSPS) is 20.4. The van der Waals surface area contributed by atoms with E-state index in [2.05, 4.69) is 5.10 Å². The molecule has 0 amide bonds. The van der Waals surface area contributed by atoms with E-state index < -0.39 is 46.6 Å². The molecule has 0 N–H and O–H groups in total. The van der Waals surface area contributed by atoms with E-state index >= 15 is 0 Å². The second-order valence-corrected chi connectivity index (χ2v) is 10.7. The van der Waals surface area contributed by atoms with Crippen molar-refractivity contribution in [2.45, 2.75) is 56.4 Å². The average molecular weight is 572 g/mol. The molecule has 1 aromatic heterocycles. The SMILES string of the molecule is CCn1nc(-c2cccc(C3(N(C4CCC(F)(F)C4)[SH](=O)=O)COC3)c2)cc1Oc1ccc(C(F)(F)F)cc1. The van der Waals surface area contributed by atoms with Gasteiger partial charge in [-0.1, -0.05) is 18.2 Å². The summed E-state index contributed by atoms with van der Waals surface area (Å²) in [4.78, 5) is 0.